The first-order chi connectivity index (χ1) is 13.8. The van der Waals surface area contributed by atoms with Gasteiger partial charge in [0.2, 0.25) is 6.79 Å². The molecule has 1 aromatic heterocycles. The zero-order chi connectivity index (χ0) is 18.9. The summed E-state index contributed by atoms with van der Waals surface area (Å²) in [7, 11) is 0. The molecule has 0 atom stereocenters. The van der Waals surface area contributed by atoms with Crippen molar-refractivity contribution in [2.45, 2.75) is 13.5 Å². The fourth-order valence-electron chi connectivity index (χ4n) is 3.44. The summed E-state index contributed by atoms with van der Waals surface area (Å²) in [6.45, 7) is 2.99. The number of benzene rings is 3. The Bertz CT molecular complexity index is 1160. The van der Waals surface area contributed by atoms with Gasteiger partial charge in [-0.05, 0) is 36.2 Å². The lowest BCUT2D eigenvalue weighted by atomic mass is 10.1. The number of fused-ring (bicyclic) bond motifs is 2. The van der Waals surface area contributed by atoms with Crippen molar-refractivity contribution >= 4 is 16.7 Å². The largest absolute Gasteiger partial charge is 0.454 e. The molecule has 0 saturated heterocycles. The average Bonchev–Trinajstić information content (AvgIpc) is 3.20. The van der Waals surface area contributed by atoms with Crippen molar-refractivity contribution in [2.24, 2.45) is 0 Å². The molecule has 0 amide bonds. The molecule has 0 unspecified atom stereocenters. The fraction of sp³-hybridized carbons (Fsp3) is 0.130. The molecular formula is C23H19N3O2. The van der Waals surface area contributed by atoms with Crippen molar-refractivity contribution in [2.75, 3.05) is 12.1 Å². The van der Waals surface area contributed by atoms with Gasteiger partial charge in [0.1, 0.15) is 5.82 Å². The Morgan fingerprint density at radius 1 is 0.893 bits per heavy atom. The minimum Gasteiger partial charge on any atom is -0.454 e. The summed E-state index contributed by atoms with van der Waals surface area (Å²) in [5.74, 6) is 3.12. The highest BCUT2D eigenvalue weighted by atomic mass is 16.7. The molecule has 0 spiro atoms. The Hall–Kier alpha value is -3.60. The minimum absolute atomic E-state index is 0.280. The van der Waals surface area contributed by atoms with E-state index in [0.717, 1.165) is 44.9 Å². The van der Waals surface area contributed by atoms with Gasteiger partial charge in [-0.3, -0.25) is 0 Å². The first-order valence-electron chi connectivity index (χ1n) is 9.23. The lowest BCUT2D eigenvalue weighted by Gasteiger charge is -2.13. The second-order valence-electron chi connectivity index (χ2n) is 6.77. The molecule has 1 aliphatic heterocycles. The highest BCUT2D eigenvalue weighted by Gasteiger charge is 2.14. The van der Waals surface area contributed by atoms with E-state index in [1.807, 2.05) is 60.7 Å². The Morgan fingerprint density at radius 2 is 1.75 bits per heavy atom. The quantitative estimate of drug-likeness (QED) is 0.552. The number of nitrogens with zero attached hydrogens (tertiary/aromatic N) is 2. The molecular weight excluding hydrogens is 350 g/mol. The summed E-state index contributed by atoms with van der Waals surface area (Å²) in [5, 5.41) is 4.54. The zero-order valence-corrected chi connectivity index (χ0v) is 15.5. The molecule has 0 fully saturated rings. The molecule has 3 aromatic carbocycles. The van der Waals surface area contributed by atoms with Gasteiger partial charge in [-0.25, -0.2) is 9.97 Å². The fourth-order valence-corrected chi connectivity index (χ4v) is 3.44. The second-order valence-corrected chi connectivity index (χ2v) is 6.77. The van der Waals surface area contributed by atoms with Crippen LogP contribution in [0.5, 0.6) is 11.5 Å². The molecule has 0 aliphatic carbocycles. The van der Waals surface area contributed by atoms with E-state index in [1.54, 1.807) is 0 Å². The predicted octanol–water partition coefficient (Wildman–Crippen LogP) is 4.95. The number of aromatic nitrogens is 2. The van der Waals surface area contributed by atoms with Crippen molar-refractivity contribution in [3.05, 3.63) is 77.9 Å². The Kier molecular flexibility index (Phi) is 4.05. The summed E-state index contributed by atoms with van der Waals surface area (Å²) in [5.41, 5.74) is 4.18. The molecule has 5 heteroatoms. The van der Waals surface area contributed by atoms with E-state index in [1.165, 1.54) is 0 Å². The van der Waals surface area contributed by atoms with E-state index in [2.05, 4.69) is 18.3 Å². The first kappa shape index (κ1) is 16.6. The third-order valence-corrected chi connectivity index (χ3v) is 4.86. The zero-order valence-electron chi connectivity index (χ0n) is 15.5. The highest BCUT2D eigenvalue weighted by molar-refractivity contribution is 5.93. The predicted molar refractivity (Wildman–Crippen MR) is 110 cm³/mol. The van der Waals surface area contributed by atoms with Gasteiger partial charge in [-0.2, -0.15) is 0 Å². The van der Waals surface area contributed by atoms with Gasteiger partial charge in [0.25, 0.3) is 0 Å². The Balaban J connectivity index is 1.53. The van der Waals surface area contributed by atoms with Crippen molar-refractivity contribution in [1.29, 1.82) is 0 Å². The normalized spacial score (nSPS) is 12.3. The number of hydrogen-bond acceptors (Lipinski definition) is 5. The standard InChI is InChI=1S/C23H19N3O2/c1-15-6-5-9-18-21(15)23(26-22(25-18)17-7-3-2-4-8-17)24-13-16-10-11-19-20(12-16)28-14-27-19/h2-12H,13-14H2,1H3,(H,24,25,26). The van der Waals surface area contributed by atoms with Gasteiger partial charge < -0.3 is 14.8 Å². The number of anilines is 1. The molecule has 5 rings (SSSR count). The van der Waals surface area contributed by atoms with Crippen LogP contribution in [0.1, 0.15) is 11.1 Å². The van der Waals surface area contributed by atoms with Crippen LogP contribution in [-0.2, 0) is 6.54 Å². The van der Waals surface area contributed by atoms with Crippen LogP contribution in [0.3, 0.4) is 0 Å². The molecule has 28 heavy (non-hydrogen) atoms. The highest BCUT2D eigenvalue weighted by Crippen LogP contribution is 2.33. The first-order valence-corrected chi connectivity index (χ1v) is 9.23. The molecule has 138 valence electrons. The number of ether oxygens (including phenoxy) is 2. The minimum atomic E-state index is 0.280. The third-order valence-electron chi connectivity index (χ3n) is 4.86. The average molecular weight is 369 g/mol. The number of aryl methyl sites for hydroxylation is 1. The van der Waals surface area contributed by atoms with E-state index in [0.29, 0.717) is 12.4 Å². The number of hydrogen-bond donors (Lipinski definition) is 1. The maximum atomic E-state index is 5.48. The summed E-state index contributed by atoms with van der Waals surface area (Å²) < 4.78 is 10.9. The lowest BCUT2D eigenvalue weighted by Crippen LogP contribution is -2.05. The van der Waals surface area contributed by atoms with E-state index in [-0.39, 0.29) is 6.79 Å². The molecule has 5 nitrogen and oxygen atoms in total. The maximum Gasteiger partial charge on any atom is 0.231 e. The maximum absolute atomic E-state index is 5.48. The number of rotatable bonds is 4. The van der Waals surface area contributed by atoms with E-state index in [4.69, 9.17) is 19.4 Å². The molecule has 1 aliphatic rings. The molecule has 0 bridgehead atoms. The van der Waals surface area contributed by atoms with Crippen LogP contribution in [-0.4, -0.2) is 16.8 Å². The smallest absolute Gasteiger partial charge is 0.231 e. The van der Waals surface area contributed by atoms with Crippen LogP contribution in [0, 0.1) is 6.92 Å². The van der Waals surface area contributed by atoms with E-state index < -0.39 is 0 Å². The second kappa shape index (κ2) is 6.85. The van der Waals surface area contributed by atoms with Crippen LogP contribution in [0.4, 0.5) is 5.82 Å². The molecule has 0 saturated carbocycles. The third kappa shape index (κ3) is 3.01. The topological polar surface area (TPSA) is 56.3 Å². The Labute approximate surface area is 163 Å². The van der Waals surface area contributed by atoms with Crippen LogP contribution >= 0.6 is 0 Å². The SMILES string of the molecule is Cc1cccc2nc(-c3ccccc3)nc(NCc3ccc4c(c3)OCO4)c12. The molecule has 1 N–H and O–H groups in total. The van der Waals surface area contributed by atoms with Crippen LogP contribution in [0.15, 0.2) is 66.7 Å². The van der Waals surface area contributed by atoms with Crippen LogP contribution < -0.4 is 14.8 Å². The van der Waals surface area contributed by atoms with Gasteiger partial charge in [0, 0.05) is 17.5 Å². The molecule has 0 radical (unpaired) electrons. The van der Waals surface area contributed by atoms with E-state index >= 15 is 0 Å². The van der Waals surface area contributed by atoms with Crippen LogP contribution in [0.25, 0.3) is 22.3 Å². The van der Waals surface area contributed by atoms with Crippen molar-refractivity contribution in [1.82, 2.24) is 9.97 Å². The van der Waals surface area contributed by atoms with Crippen molar-refractivity contribution in [3.8, 4) is 22.9 Å². The van der Waals surface area contributed by atoms with E-state index in [9.17, 15) is 0 Å². The van der Waals surface area contributed by atoms with Crippen molar-refractivity contribution in [3.63, 3.8) is 0 Å². The van der Waals surface area contributed by atoms with Crippen LogP contribution in [0.2, 0.25) is 0 Å². The van der Waals surface area contributed by atoms with Gasteiger partial charge in [-0.15, -0.1) is 0 Å². The summed E-state index contributed by atoms with van der Waals surface area (Å²) in [6.07, 6.45) is 0. The molecule has 4 aromatic rings. The molecule has 2 heterocycles. The summed E-state index contributed by atoms with van der Waals surface area (Å²) in [4.78, 5) is 9.62. The summed E-state index contributed by atoms with van der Waals surface area (Å²) >= 11 is 0. The van der Waals surface area contributed by atoms with Gasteiger partial charge in [0.15, 0.2) is 17.3 Å². The van der Waals surface area contributed by atoms with Gasteiger partial charge >= 0.3 is 0 Å². The van der Waals surface area contributed by atoms with Gasteiger partial charge in [-0.1, -0.05) is 48.5 Å². The summed E-state index contributed by atoms with van der Waals surface area (Å²) in [6, 6.07) is 22.2. The van der Waals surface area contributed by atoms with Crippen molar-refractivity contribution < 1.29 is 9.47 Å². The Morgan fingerprint density at radius 3 is 2.64 bits per heavy atom. The van der Waals surface area contributed by atoms with Gasteiger partial charge in [0.05, 0.1) is 5.52 Å². The monoisotopic (exact) mass is 369 g/mol. The lowest BCUT2D eigenvalue weighted by molar-refractivity contribution is 0.174. The number of nitrogens with one attached hydrogen (secondary N) is 1.